The lowest BCUT2D eigenvalue weighted by molar-refractivity contribution is 0.0170. The van der Waals surface area contributed by atoms with Gasteiger partial charge in [0, 0.05) is 17.7 Å². The summed E-state index contributed by atoms with van der Waals surface area (Å²) in [4.78, 5) is 25.3. The predicted molar refractivity (Wildman–Crippen MR) is 142 cm³/mol. The number of aliphatic hydroxyl groups is 1. The molecule has 1 aromatic heterocycles. The molecule has 1 rings (SSSR count). The lowest BCUT2D eigenvalue weighted by atomic mass is 10.1. The van der Waals surface area contributed by atoms with Crippen molar-refractivity contribution < 1.29 is 23.8 Å². The second-order valence-corrected chi connectivity index (χ2v) is 12.7. The number of hydrogen-bond acceptors (Lipinski definition) is 9. The quantitative estimate of drug-likeness (QED) is 0.108. The first-order chi connectivity index (χ1) is 16.4. The summed E-state index contributed by atoms with van der Waals surface area (Å²) in [5.41, 5.74) is 4.86. The highest BCUT2D eigenvalue weighted by atomic mass is 33.1. The van der Waals surface area contributed by atoms with Gasteiger partial charge in [0.1, 0.15) is 12.2 Å². The molecule has 0 amide bonds. The smallest absolute Gasteiger partial charge is 0.353 e. The van der Waals surface area contributed by atoms with E-state index < -0.39 is 32.3 Å². The van der Waals surface area contributed by atoms with Crippen LogP contribution < -0.4 is 11.4 Å². The SMILES string of the molecule is CCCCCCCCCCCCSSCCOP(=O)(O)CO[C@H](CO)Cn1ccc(N)nc1=O. The zero-order valence-electron chi connectivity index (χ0n) is 20.3. The highest BCUT2D eigenvalue weighted by Crippen LogP contribution is 2.42. The Morgan fingerprint density at radius 3 is 2.32 bits per heavy atom. The summed E-state index contributed by atoms with van der Waals surface area (Å²) < 4.78 is 23.8. The Kier molecular flexibility index (Phi) is 18.2. The van der Waals surface area contributed by atoms with Gasteiger partial charge in [-0.3, -0.25) is 9.13 Å². The molecule has 0 spiro atoms. The van der Waals surface area contributed by atoms with E-state index in [0.717, 1.165) is 5.75 Å². The van der Waals surface area contributed by atoms with Gasteiger partial charge in [-0.25, -0.2) is 4.79 Å². The fourth-order valence-electron chi connectivity index (χ4n) is 3.18. The van der Waals surface area contributed by atoms with Crippen LogP contribution in [-0.2, 0) is 20.4 Å². The van der Waals surface area contributed by atoms with Crippen LogP contribution in [0.3, 0.4) is 0 Å². The van der Waals surface area contributed by atoms with Crippen molar-refractivity contribution in [2.24, 2.45) is 0 Å². The molecule has 0 saturated carbocycles. The van der Waals surface area contributed by atoms with Crippen molar-refractivity contribution in [3.05, 3.63) is 22.7 Å². The van der Waals surface area contributed by atoms with Crippen LogP contribution in [0.25, 0.3) is 0 Å². The molecule has 4 N–H and O–H groups in total. The number of anilines is 1. The Labute approximate surface area is 211 Å². The zero-order chi connectivity index (χ0) is 25.1. The number of aliphatic hydroxyl groups excluding tert-OH is 1. The molecule has 1 unspecified atom stereocenters. The minimum absolute atomic E-state index is 0.0198. The Balaban J connectivity index is 2.04. The summed E-state index contributed by atoms with van der Waals surface area (Å²) in [6.07, 6.45) is 13.2. The van der Waals surface area contributed by atoms with Crippen LogP contribution in [0.1, 0.15) is 71.1 Å². The van der Waals surface area contributed by atoms with E-state index in [1.165, 1.54) is 81.0 Å². The van der Waals surface area contributed by atoms with Crippen molar-refractivity contribution in [3.8, 4) is 0 Å². The highest BCUT2D eigenvalue weighted by Gasteiger charge is 2.22. The van der Waals surface area contributed by atoms with Gasteiger partial charge in [0.05, 0.1) is 25.9 Å². The Morgan fingerprint density at radius 1 is 1.09 bits per heavy atom. The predicted octanol–water partition coefficient (Wildman–Crippen LogP) is 4.66. The lowest BCUT2D eigenvalue weighted by Crippen LogP contribution is -2.32. The van der Waals surface area contributed by atoms with Gasteiger partial charge in [-0.1, -0.05) is 86.3 Å². The second-order valence-electron chi connectivity index (χ2n) is 8.18. The highest BCUT2D eigenvalue weighted by molar-refractivity contribution is 8.76. The molecular weight excluding hydrogens is 497 g/mol. The van der Waals surface area contributed by atoms with Gasteiger partial charge in [0.2, 0.25) is 0 Å². The van der Waals surface area contributed by atoms with Crippen molar-refractivity contribution in [1.29, 1.82) is 0 Å². The molecule has 12 heteroatoms. The minimum Gasteiger partial charge on any atom is -0.394 e. The molecule has 198 valence electrons. The third kappa shape index (κ3) is 16.2. The second kappa shape index (κ2) is 19.6. The van der Waals surface area contributed by atoms with E-state index in [9.17, 15) is 19.4 Å². The average Bonchev–Trinajstić information content (AvgIpc) is 2.80. The molecule has 0 radical (unpaired) electrons. The van der Waals surface area contributed by atoms with Crippen molar-refractivity contribution in [1.82, 2.24) is 9.55 Å². The Morgan fingerprint density at radius 2 is 1.71 bits per heavy atom. The van der Waals surface area contributed by atoms with E-state index in [1.807, 2.05) is 0 Å². The molecule has 2 atom stereocenters. The van der Waals surface area contributed by atoms with Crippen LogP contribution in [0, 0.1) is 0 Å². The van der Waals surface area contributed by atoms with E-state index in [-0.39, 0.29) is 19.0 Å². The number of unbranched alkanes of at least 4 members (excludes halogenated alkanes) is 9. The number of nitrogens with zero attached hydrogens (tertiary/aromatic N) is 2. The fourth-order valence-corrected chi connectivity index (χ4v) is 6.13. The first kappa shape index (κ1) is 31.5. The summed E-state index contributed by atoms with van der Waals surface area (Å²) in [6, 6.07) is 1.45. The van der Waals surface area contributed by atoms with Crippen molar-refractivity contribution >= 4 is 35.0 Å². The van der Waals surface area contributed by atoms with Crippen LogP contribution in [0.4, 0.5) is 5.82 Å². The van der Waals surface area contributed by atoms with Crippen molar-refractivity contribution in [2.45, 2.75) is 83.8 Å². The maximum atomic E-state index is 12.1. The number of nitrogen functional groups attached to an aromatic ring is 1. The number of ether oxygens (including phenoxy) is 1. The van der Waals surface area contributed by atoms with Crippen LogP contribution >= 0.6 is 29.2 Å². The average molecular weight is 540 g/mol. The molecule has 0 aliphatic carbocycles. The normalized spacial score (nSPS) is 14.2. The maximum Gasteiger partial charge on any atom is 0.353 e. The van der Waals surface area contributed by atoms with Gasteiger partial charge in [-0.2, -0.15) is 4.98 Å². The van der Waals surface area contributed by atoms with E-state index in [0.29, 0.717) is 5.75 Å². The van der Waals surface area contributed by atoms with E-state index in [4.69, 9.17) is 15.0 Å². The maximum absolute atomic E-state index is 12.1. The van der Waals surface area contributed by atoms with E-state index >= 15 is 0 Å². The van der Waals surface area contributed by atoms with Gasteiger partial charge in [0.25, 0.3) is 0 Å². The first-order valence-corrected chi connectivity index (χ1v) is 16.4. The van der Waals surface area contributed by atoms with E-state index in [2.05, 4.69) is 11.9 Å². The third-order valence-corrected chi connectivity index (χ3v) is 8.61. The first-order valence-electron chi connectivity index (χ1n) is 12.1. The van der Waals surface area contributed by atoms with Crippen molar-refractivity contribution in [2.75, 3.05) is 36.8 Å². The minimum atomic E-state index is -3.95. The number of hydrogen-bond donors (Lipinski definition) is 3. The van der Waals surface area contributed by atoms with Crippen molar-refractivity contribution in [3.63, 3.8) is 0 Å². The zero-order valence-corrected chi connectivity index (χ0v) is 22.8. The summed E-state index contributed by atoms with van der Waals surface area (Å²) in [7, 11) is -0.559. The van der Waals surface area contributed by atoms with Crippen LogP contribution in [0.15, 0.2) is 17.1 Å². The molecule has 0 aromatic carbocycles. The molecule has 0 fully saturated rings. The molecule has 1 aromatic rings. The molecule has 34 heavy (non-hydrogen) atoms. The summed E-state index contributed by atoms with van der Waals surface area (Å²) in [5.74, 6) is 1.76. The molecule has 0 saturated heterocycles. The van der Waals surface area contributed by atoms with Crippen LogP contribution in [-0.4, -0.2) is 56.7 Å². The van der Waals surface area contributed by atoms with Gasteiger partial charge < -0.3 is 25.0 Å². The lowest BCUT2D eigenvalue weighted by Gasteiger charge is -2.19. The van der Waals surface area contributed by atoms with Crippen LogP contribution in [0.5, 0.6) is 0 Å². The Bertz CT molecular complexity index is 756. The molecule has 9 nitrogen and oxygen atoms in total. The third-order valence-electron chi connectivity index (χ3n) is 5.10. The standard InChI is InChI=1S/C22H42N3O6PS2/c1-2-3-4-5-6-7-8-9-10-11-15-33-34-16-14-31-32(28,29)19-30-20(18-26)17-25-13-12-21(23)24-22(25)27/h12-13,20,26H,2-11,14-19H2,1H3,(H,28,29)(H2,23,24,27)/t20-/m0/s1. The van der Waals surface area contributed by atoms with Gasteiger partial charge in [-0.15, -0.1) is 0 Å². The molecule has 0 aliphatic heterocycles. The number of nitrogens with two attached hydrogens (primary N) is 1. The Hall–Kier alpha value is -0.550. The molecular formula is C22H42N3O6PS2. The fraction of sp³-hybridized carbons (Fsp3) is 0.818. The monoisotopic (exact) mass is 539 g/mol. The molecule has 1 heterocycles. The number of rotatable bonds is 22. The van der Waals surface area contributed by atoms with Crippen LogP contribution in [0.2, 0.25) is 0 Å². The van der Waals surface area contributed by atoms with Gasteiger partial charge >= 0.3 is 13.3 Å². The summed E-state index contributed by atoms with van der Waals surface area (Å²) >= 11 is 0. The summed E-state index contributed by atoms with van der Waals surface area (Å²) in [5, 5.41) is 9.44. The topological polar surface area (TPSA) is 137 Å². The molecule has 0 bridgehead atoms. The van der Waals surface area contributed by atoms with Gasteiger partial charge in [-0.05, 0) is 12.5 Å². The van der Waals surface area contributed by atoms with E-state index in [1.54, 1.807) is 21.6 Å². The molecule has 0 aliphatic rings. The summed E-state index contributed by atoms with van der Waals surface area (Å²) in [6.45, 7) is 1.93. The van der Waals surface area contributed by atoms with Gasteiger partial charge in [0.15, 0.2) is 0 Å². The number of aromatic nitrogens is 2. The largest absolute Gasteiger partial charge is 0.394 e.